The minimum absolute atomic E-state index is 0.297. The Balaban J connectivity index is 1.75. The molecule has 0 spiro atoms. The van der Waals surface area contributed by atoms with E-state index < -0.39 is 5.91 Å². The van der Waals surface area contributed by atoms with Crippen LogP contribution in [0, 0.1) is 5.82 Å². The van der Waals surface area contributed by atoms with Crippen molar-refractivity contribution in [3.05, 3.63) is 89.7 Å². The largest absolute Gasteiger partial charge is 0.494 e. The van der Waals surface area contributed by atoms with Gasteiger partial charge in [-0.2, -0.15) is 0 Å². The molecule has 2 N–H and O–H groups in total. The normalized spacial score (nSPS) is 10.2. The number of rotatable bonds is 6. The summed E-state index contributed by atoms with van der Waals surface area (Å²) < 4.78 is 18.4. The summed E-state index contributed by atoms with van der Waals surface area (Å²) in [6.45, 7) is 2.43. The first kappa shape index (κ1) is 19.1. The van der Waals surface area contributed by atoms with Gasteiger partial charge in [0.15, 0.2) is 0 Å². The molecule has 0 aromatic heterocycles. The number of carbonyl (C=O) groups excluding carboxylic acids is 2. The molecule has 5 nitrogen and oxygen atoms in total. The molecule has 0 unspecified atom stereocenters. The van der Waals surface area contributed by atoms with E-state index in [0.717, 1.165) is 0 Å². The van der Waals surface area contributed by atoms with Gasteiger partial charge in [0.25, 0.3) is 11.8 Å². The number of anilines is 2. The zero-order chi connectivity index (χ0) is 19.9. The molecule has 0 atom stereocenters. The number of halogens is 1. The van der Waals surface area contributed by atoms with Crippen LogP contribution < -0.4 is 15.4 Å². The number of amides is 2. The van der Waals surface area contributed by atoms with E-state index in [1.54, 1.807) is 48.5 Å². The molecule has 6 heteroatoms. The molecule has 0 aliphatic heterocycles. The van der Waals surface area contributed by atoms with Crippen LogP contribution in [0.2, 0.25) is 0 Å². The number of nitrogens with one attached hydrogen (secondary N) is 2. The van der Waals surface area contributed by atoms with Gasteiger partial charge in [-0.1, -0.05) is 12.1 Å². The number of ether oxygens (including phenoxy) is 1. The summed E-state index contributed by atoms with van der Waals surface area (Å²) >= 11 is 0. The molecule has 2 amide bonds. The third-order valence-corrected chi connectivity index (χ3v) is 3.95. The third kappa shape index (κ3) is 4.73. The first-order valence-corrected chi connectivity index (χ1v) is 8.77. The first-order chi connectivity index (χ1) is 13.6. The molecule has 0 saturated carbocycles. The molecule has 3 aromatic rings. The number of hydrogen-bond donors (Lipinski definition) is 2. The molecule has 0 saturated heterocycles. The van der Waals surface area contributed by atoms with Gasteiger partial charge < -0.3 is 15.4 Å². The third-order valence-electron chi connectivity index (χ3n) is 3.95. The van der Waals surface area contributed by atoms with Crippen LogP contribution in [0.1, 0.15) is 27.6 Å². The standard InChI is InChI=1S/C22H19FN2O3/c1-2-28-18-13-7-15(8-14-18)21(26)25-20-6-4-3-5-19(20)22(27)24-17-11-9-16(23)10-12-17/h3-14H,2H2,1H3,(H,24,27)(H,25,26). The van der Waals surface area contributed by atoms with Crippen molar-refractivity contribution >= 4 is 23.2 Å². The molecule has 0 heterocycles. The van der Waals surface area contributed by atoms with Crippen LogP contribution in [0.3, 0.4) is 0 Å². The van der Waals surface area contributed by atoms with Crippen molar-refractivity contribution in [3.63, 3.8) is 0 Å². The quantitative estimate of drug-likeness (QED) is 0.652. The van der Waals surface area contributed by atoms with E-state index in [1.165, 1.54) is 24.3 Å². The van der Waals surface area contributed by atoms with E-state index in [2.05, 4.69) is 10.6 Å². The fraction of sp³-hybridized carbons (Fsp3) is 0.0909. The predicted octanol–water partition coefficient (Wildman–Crippen LogP) is 4.73. The van der Waals surface area contributed by atoms with Crippen LogP contribution in [0.15, 0.2) is 72.8 Å². The molecule has 3 rings (SSSR count). The van der Waals surface area contributed by atoms with Crippen LogP contribution in [0.5, 0.6) is 5.75 Å². The number of para-hydroxylation sites is 1. The van der Waals surface area contributed by atoms with Crippen LogP contribution in [-0.4, -0.2) is 18.4 Å². The Labute approximate surface area is 162 Å². The molecule has 0 bridgehead atoms. The fourth-order valence-corrected chi connectivity index (χ4v) is 2.59. The van der Waals surface area contributed by atoms with Crippen molar-refractivity contribution in [2.45, 2.75) is 6.92 Å². The summed E-state index contributed by atoms with van der Waals surface area (Å²) in [4.78, 5) is 25.1. The van der Waals surface area contributed by atoms with Crippen LogP contribution in [-0.2, 0) is 0 Å². The van der Waals surface area contributed by atoms with E-state index in [4.69, 9.17) is 4.74 Å². The van der Waals surface area contributed by atoms with Crippen LogP contribution in [0.25, 0.3) is 0 Å². The van der Waals surface area contributed by atoms with Crippen molar-refractivity contribution in [1.29, 1.82) is 0 Å². The molecule has 28 heavy (non-hydrogen) atoms. The van der Waals surface area contributed by atoms with E-state index in [9.17, 15) is 14.0 Å². The summed E-state index contributed by atoms with van der Waals surface area (Å²) in [6, 6.07) is 18.9. The smallest absolute Gasteiger partial charge is 0.257 e. The van der Waals surface area contributed by atoms with Crippen molar-refractivity contribution in [1.82, 2.24) is 0 Å². The minimum Gasteiger partial charge on any atom is -0.494 e. The van der Waals surface area contributed by atoms with Gasteiger partial charge in [-0.3, -0.25) is 9.59 Å². The lowest BCUT2D eigenvalue weighted by Crippen LogP contribution is -2.18. The molecule has 3 aromatic carbocycles. The lowest BCUT2D eigenvalue weighted by atomic mass is 10.1. The number of hydrogen-bond acceptors (Lipinski definition) is 3. The van der Waals surface area contributed by atoms with Crippen molar-refractivity contribution < 1.29 is 18.7 Å². The topological polar surface area (TPSA) is 67.4 Å². The van der Waals surface area contributed by atoms with Crippen molar-refractivity contribution in [2.24, 2.45) is 0 Å². The Hall–Kier alpha value is -3.67. The summed E-state index contributed by atoms with van der Waals surface area (Å²) in [5.74, 6) is -0.460. The highest BCUT2D eigenvalue weighted by atomic mass is 19.1. The maximum atomic E-state index is 13.0. The average Bonchev–Trinajstić information content (AvgIpc) is 2.71. The average molecular weight is 378 g/mol. The Morgan fingerprint density at radius 3 is 2.21 bits per heavy atom. The van der Waals surface area contributed by atoms with Crippen LogP contribution >= 0.6 is 0 Å². The maximum Gasteiger partial charge on any atom is 0.257 e. The molecule has 0 aliphatic rings. The second-order valence-electron chi connectivity index (χ2n) is 5.92. The second-order valence-corrected chi connectivity index (χ2v) is 5.92. The van der Waals surface area contributed by atoms with E-state index in [-0.39, 0.29) is 11.7 Å². The molecule has 0 radical (unpaired) electrons. The lowest BCUT2D eigenvalue weighted by Gasteiger charge is -2.12. The van der Waals surface area contributed by atoms with Gasteiger partial charge in [0, 0.05) is 11.3 Å². The van der Waals surface area contributed by atoms with Gasteiger partial charge in [0.1, 0.15) is 11.6 Å². The van der Waals surface area contributed by atoms with E-state index >= 15 is 0 Å². The summed E-state index contributed by atoms with van der Waals surface area (Å²) in [5.41, 5.74) is 1.57. The van der Waals surface area contributed by atoms with Crippen molar-refractivity contribution in [3.8, 4) is 5.75 Å². The second kappa shape index (κ2) is 8.81. The van der Waals surface area contributed by atoms with Crippen LogP contribution in [0.4, 0.5) is 15.8 Å². The first-order valence-electron chi connectivity index (χ1n) is 8.77. The summed E-state index contributed by atoms with van der Waals surface area (Å²) in [7, 11) is 0. The molecule has 142 valence electrons. The van der Waals surface area contributed by atoms with E-state index in [1.807, 2.05) is 6.92 Å². The van der Waals surface area contributed by atoms with Crippen molar-refractivity contribution in [2.75, 3.05) is 17.2 Å². The number of carbonyl (C=O) groups is 2. The highest BCUT2D eigenvalue weighted by Crippen LogP contribution is 2.19. The number of benzene rings is 3. The highest BCUT2D eigenvalue weighted by molar-refractivity contribution is 6.12. The SMILES string of the molecule is CCOc1ccc(C(=O)Nc2ccccc2C(=O)Nc2ccc(F)cc2)cc1. The van der Waals surface area contributed by atoms with Gasteiger partial charge in [0.05, 0.1) is 17.9 Å². The predicted molar refractivity (Wildman–Crippen MR) is 106 cm³/mol. The molecule has 0 fully saturated rings. The zero-order valence-corrected chi connectivity index (χ0v) is 15.2. The van der Waals surface area contributed by atoms with E-state index in [0.29, 0.717) is 34.9 Å². The van der Waals surface area contributed by atoms with Gasteiger partial charge in [-0.05, 0) is 67.6 Å². The minimum atomic E-state index is -0.408. The Morgan fingerprint density at radius 1 is 0.857 bits per heavy atom. The highest BCUT2D eigenvalue weighted by Gasteiger charge is 2.14. The van der Waals surface area contributed by atoms with Gasteiger partial charge >= 0.3 is 0 Å². The summed E-state index contributed by atoms with van der Waals surface area (Å²) in [5, 5.41) is 5.44. The lowest BCUT2D eigenvalue weighted by molar-refractivity contribution is 0.102. The molecular formula is C22H19FN2O3. The Kier molecular flexibility index (Phi) is 6.01. The monoisotopic (exact) mass is 378 g/mol. The summed E-state index contributed by atoms with van der Waals surface area (Å²) in [6.07, 6.45) is 0. The van der Waals surface area contributed by atoms with Gasteiger partial charge in [-0.15, -0.1) is 0 Å². The Bertz CT molecular complexity index is 970. The Morgan fingerprint density at radius 2 is 1.54 bits per heavy atom. The maximum absolute atomic E-state index is 13.0. The molecule has 0 aliphatic carbocycles. The zero-order valence-electron chi connectivity index (χ0n) is 15.2. The fourth-order valence-electron chi connectivity index (χ4n) is 2.59. The van der Waals surface area contributed by atoms with Gasteiger partial charge in [-0.25, -0.2) is 4.39 Å². The molecular weight excluding hydrogens is 359 g/mol. The van der Waals surface area contributed by atoms with Gasteiger partial charge in [0.2, 0.25) is 0 Å².